The Bertz CT molecular complexity index is 614. The molecule has 6 heteroatoms. The minimum Gasteiger partial charge on any atom is -0.378 e. The van der Waals surface area contributed by atoms with Crippen molar-refractivity contribution in [2.75, 3.05) is 12.5 Å². The molecule has 0 radical (unpaired) electrons. The molecular formula is C14H17Cl2N3O. The van der Waals surface area contributed by atoms with Gasteiger partial charge in [-0.15, -0.1) is 11.6 Å². The second kappa shape index (κ2) is 5.88. The number of ether oxygens (including phenoxy) is 1. The fourth-order valence-electron chi connectivity index (χ4n) is 2.86. The van der Waals surface area contributed by atoms with Crippen LogP contribution in [0.25, 0.3) is 11.2 Å². The topological polar surface area (TPSA) is 39.9 Å². The molecule has 1 aliphatic heterocycles. The number of hydrogen-bond acceptors (Lipinski definition) is 3. The Kier molecular flexibility index (Phi) is 4.15. The van der Waals surface area contributed by atoms with Gasteiger partial charge in [0.05, 0.1) is 11.1 Å². The molecule has 0 N–H and O–H groups in total. The second-order valence-corrected chi connectivity index (χ2v) is 6.01. The van der Waals surface area contributed by atoms with Crippen LogP contribution in [0.15, 0.2) is 12.3 Å². The first kappa shape index (κ1) is 14.1. The first-order valence-corrected chi connectivity index (χ1v) is 7.80. The van der Waals surface area contributed by atoms with E-state index in [1.54, 1.807) is 6.20 Å². The van der Waals surface area contributed by atoms with Gasteiger partial charge in [-0.25, -0.2) is 9.97 Å². The lowest BCUT2D eigenvalue weighted by Gasteiger charge is -2.29. The maximum absolute atomic E-state index is 6.01. The lowest BCUT2D eigenvalue weighted by atomic mass is 10.0. The van der Waals surface area contributed by atoms with Crippen molar-refractivity contribution in [3.05, 3.63) is 23.1 Å². The molecule has 108 valence electrons. The molecule has 1 saturated heterocycles. The molecule has 3 rings (SSSR count). The lowest BCUT2D eigenvalue weighted by Crippen LogP contribution is -2.26. The zero-order valence-electron chi connectivity index (χ0n) is 11.4. The van der Waals surface area contributed by atoms with E-state index >= 15 is 0 Å². The van der Waals surface area contributed by atoms with E-state index in [1.807, 2.05) is 6.07 Å². The van der Waals surface area contributed by atoms with E-state index < -0.39 is 0 Å². The maximum atomic E-state index is 6.01. The fourth-order valence-corrected chi connectivity index (χ4v) is 3.18. The number of imidazole rings is 1. The summed E-state index contributed by atoms with van der Waals surface area (Å²) in [4.78, 5) is 9.12. The average molecular weight is 314 g/mol. The summed E-state index contributed by atoms with van der Waals surface area (Å²) in [6.07, 6.45) is 4.64. The third-order valence-corrected chi connectivity index (χ3v) is 4.11. The van der Waals surface area contributed by atoms with E-state index in [9.17, 15) is 0 Å². The quantitative estimate of drug-likeness (QED) is 0.813. The van der Waals surface area contributed by atoms with Crippen LogP contribution in [0.3, 0.4) is 0 Å². The normalized spacial score (nSPS) is 23.4. The zero-order valence-corrected chi connectivity index (χ0v) is 12.9. The van der Waals surface area contributed by atoms with Crippen molar-refractivity contribution in [3.8, 4) is 0 Å². The molecule has 3 heterocycles. The van der Waals surface area contributed by atoms with Crippen LogP contribution in [0, 0.1) is 0 Å². The van der Waals surface area contributed by atoms with E-state index in [0.717, 1.165) is 42.9 Å². The predicted octanol–water partition coefficient (Wildman–Crippen LogP) is 3.61. The summed E-state index contributed by atoms with van der Waals surface area (Å²) in [6, 6.07) is 2.23. The van der Waals surface area contributed by atoms with E-state index in [1.165, 1.54) is 0 Å². The molecule has 0 spiro atoms. The van der Waals surface area contributed by atoms with E-state index in [4.69, 9.17) is 27.9 Å². The van der Waals surface area contributed by atoms with Crippen molar-refractivity contribution >= 4 is 34.4 Å². The average Bonchev–Trinajstić information content (AvgIpc) is 2.76. The summed E-state index contributed by atoms with van der Waals surface area (Å²) >= 11 is 11.9. The van der Waals surface area contributed by atoms with Gasteiger partial charge in [0.15, 0.2) is 5.65 Å². The summed E-state index contributed by atoms with van der Waals surface area (Å²) < 4.78 is 7.87. The van der Waals surface area contributed by atoms with Crippen LogP contribution in [0.4, 0.5) is 0 Å². The number of aryl methyl sites for hydroxylation is 1. The van der Waals surface area contributed by atoms with Gasteiger partial charge in [0.2, 0.25) is 0 Å². The van der Waals surface area contributed by atoms with Crippen molar-refractivity contribution in [1.82, 2.24) is 14.5 Å². The number of fused-ring (bicyclic) bond motifs is 1. The Hall–Kier alpha value is -0.840. The van der Waals surface area contributed by atoms with Gasteiger partial charge in [0, 0.05) is 31.1 Å². The molecular weight excluding hydrogens is 297 g/mol. The van der Waals surface area contributed by atoms with Crippen LogP contribution in [0.1, 0.15) is 31.6 Å². The molecule has 1 aliphatic rings. The van der Waals surface area contributed by atoms with Gasteiger partial charge < -0.3 is 9.30 Å². The minimum atomic E-state index is 0.266. The molecule has 4 nitrogen and oxygen atoms in total. The number of alkyl halides is 1. The first-order valence-electron chi connectivity index (χ1n) is 6.89. The highest BCUT2D eigenvalue weighted by atomic mass is 35.5. The second-order valence-electron chi connectivity index (χ2n) is 5.19. The number of hydrogen-bond donors (Lipinski definition) is 0. The number of pyridine rings is 1. The van der Waals surface area contributed by atoms with Gasteiger partial charge in [-0.3, -0.25) is 0 Å². The number of aromatic nitrogens is 3. The molecule has 1 fully saturated rings. The SMILES string of the molecule is CC1CC(n2c(CCCl)nc3cc(Cl)cnc32)CCO1. The van der Waals surface area contributed by atoms with Crippen LogP contribution >= 0.6 is 23.2 Å². The molecule has 20 heavy (non-hydrogen) atoms. The maximum Gasteiger partial charge on any atom is 0.160 e. The molecule has 0 bridgehead atoms. The third kappa shape index (κ3) is 2.65. The highest BCUT2D eigenvalue weighted by Gasteiger charge is 2.25. The van der Waals surface area contributed by atoms with Gasteiger partial charge in [0.1, 0.15) is 11.3 Å². The Morgan fingerprint density at radius 1 is 1.50 bits per heavy atom. The summed E-state index contributed by atoms with van der Waals surface area (Å²) in [7, 11) is 0. The Balaban J connectivity index is 2.08. The van der Waals surface area contributed by atoms with Gasteiger partial charge >= 0.3 is 0 Å². The Morgan fingerprint density at radius 2 is 2.35 bits per heavy atom. The van der Waals surface area contributed by atoms with Gasteiger partial charge in [-0.2, -0.15) is 0 Å². The number of nitrogens with zero attached hydrogens (tertiary/aromatic N) is 3. The minimum absolute atomic E-state index is 0.266. The molecule has 0 saturated carbocycles. The predicted molar refractivity (Wildman–Crippen MR) is 80.6 cm³/mol. The van der Waals surface area contributed by atoms with Gasteiger partial charge in [0.25, 0.3) is 0 Å². The van der Waals surface area contributed by atoms with Crippen LogP contribution in [-0.2, 0) is 11.2 Å². The summed E-state index contributed by atoms with van der Waals surface area (Å²) in [5.74, 6) is 1.54. The summed E-state index contributed by atoms with van der Waals surface area (Å²) in [5, 5.41) is 0.611. The lowest BCUT2D eigenvalue weighted by molar-refractivity contribution is 0.00616. The largest absolute Gasteiger partial charge is 0.378 e. The van der Waals surface area contributed by atoms with Crippen molar-refractivity contribution in [1.29, 1.82) is 0 Å². The Morgan fingerprint density at radius 3 is 3.10 bits per heavy atom. The molecule has 2 atom stereocenters. The van der Waals surface area contributed by atoms with Crippen molar-refractivity contribution in [2.24, 2.45) is 0 Å². The molecule has 2 aromatic rings. The monoisotopic (exact) mass is 313 g/mol. The molecule has 0 aliphatic carbocycles. The van der Waals surface area contributed by atoms with Crippen molar-refractivity contribution < 1.29 is 4.74 Å². The number of rotatable bonds is 3. The van der Waals surface area contributed by atoms with E-state index in [0.29, 0.717) is 16.9 Å². The molecule has 2 unspecified atom stereocenters. The van der Waals surface area contributed by atoms with Crippen LogP contribution in [-0.4, -0.2) is 33.1 Å². The molecule has 0 amide bonds. The third-order valence-electron chi connectivity index (χ3n) is 3.71. The molecule has 0 aromatic carbocycles. The van der Waals surface area contributed by atoms with Crippen LogP contribution in [0.5, 0.6) is 0 Å². The smallest absolute Gasteiger partial charge is 0.160 e. The number of halogens is 2. The first-order chi connectivity index (χ1) is 9.69. The fraction of sp³-hybridized carbons (Fsp3) is 0.571. The molecule has 2 aromatic heterocycles. The Labute approximate surface area is 128 Å². The van der Waals surface area contributed by atoms with Gasteiger partial charge in [-0.1, -0.05) is 11.6 Å². The van der Waals surface area contributed by atoms with E-state index in [-0.39, 0.29) is 6.10 Å². The highest BCUT2D eigenvalue weighted by Crippen LogP contribution is 2.30. The van der Waals surface area contributed by atoms with Gasteiger partial charge in [-0.05, 0) is 25.8 Å². The van der Waals surface area contributed by atoms with Crippen molar-refractivity contribution in [3.63, 3.8) is 0 Å². The van der Waals surface area contributed by atoms with Crippen LogP contribution in [0.2, 0.25) is 5.02 Å². The summed E-state index contributed by atoms with van der Waals surface area (Å²) in [6.45, 7) is 2.89. The zero-order chi connectivity index (χ0) is 14.1. The highest BCUT2D eigenvalue weighted by molar-refractivity contribution is 6.31. The van der Waals surface area contributed by atoms with Crippen LogP contribution < -0.4 is 0 Å². The van der Waals surface area contributed by atoms with Crippen molar-refractivity contribution in [2.45, 2.75) is 38.3 Å². The summed E-state index contributed by atoms with van der Waals surface area (Å²) in [5.41, 5.74) is 1.74. The van der Waals surface area contributed by atoms with E-state index in [2.05, 4.69) is 21.5 Å². The standard InChI is InChI=1S/C14H17Cl2N3O/c1-9-6-11(3-5-20-9)19-13(2-4-15)18-12-7-10(16)8-17-14(12)19/h7-9,11H,2-6H2,1H3.